The van der Waals surface area contributed by atoms with Crippen molar-refractivity contribution in [2.45, 2.75) is 0 Å². The number of nitrogens with zero attached hydrogens (tertiary/aromatic N) is 4. The molecule has 0 aliphatic carbocycles. The highest BCUT2D eigenvalue weighted by Crippen LogP contribution is 2.45. The van der Waals surface area contributed by atoms with Gasteiger partial charge >= 0.3 is 0 Å². The Balaban J connectivity index is 1.22. The summed E-state index contributed by atoms with van der Waals surface area (Å²) in [6, 6.07) is 71.9. The molecule has 0 fully saturated rings. The van der Waals surface area contributed by atoms with E-state index in [0.29, 0.717) is 17.2 Å². The highest BCUT2D eigenvalue weighted by molar-refractivity contribution is 6.12. The van der Waals surface area contributed by atoms with Crippen LogP contribution in [0.1, 0.15) is 0 Å². The van der Waals surface area contributed by atoms with Crippen LogP contribution in [0.25, 0.3) is 111 Å². The lowest BCUT2D eigenvalue weighted by Gasteiger charge is -2.21. The molecule has 3 aromatic heterocycles. The van der Waals surface area contributed by atoms with E-state index in [1.54, 1.807) is 0 Å². The smallest absolute Gasteiger partial charge is 0.160 e. The van der Waals surface area contributed by atoms with Crippen molar-refractivity contribution in [3.63, 3.8) is 0 Å². The van der Waals surface area contributed by atoms with Crippen LogP contribution in [-0.2, 0) is 0 Å². The molecule has 0 aliphatic rings. The van der Waals surface area contributed by atoms with Crippen LogP contribution in [0.15, 0.2) is 218 Å². The number of benzene rings is 9. The Kier molecular flexibility index (Phi) is 8.83. The lowest BCUT2D eigenvalue weighted by atomic mass is 9.93. The molecule has 12 rings (SSSR count). The Morgan fingerprint density at radius 3 is 1.33 bits per heavy atom. The van der Waals surface area contributed by atoms with Crippen LogP contribution >= 0.6 is 0 Å². The van der Waals surface area contributed by atoms with E-state index in [-0.39, 0.29) is 11.6 Å². The molecule has 6 heteroatoms. The van der Waals surface area contributed by atoms with Crippen LogP contribution < -0.4 is 0 Å². The van der Waals surface area contributed by atoms with E-state index < -0.39 is 0 Å². The maximum Gasteiger partial charge on any atom is 0.160 e. The highest BCUT2D eigenvalue weighted by atomic mass is 19.1. The molecule has 0 saturated carbocycles. The summed E-state index contributed by atoms with van der Waals surface area (Å²) >= 11 is 0. The maximum absolute atomic E-state index is 14.6. The number of rotatable bonds is 7. The first-order valence-electron chi connectivity index (χ1n) is 21.3. The van der Waals surface area contributed by atoms with Crippen molar-refractivity contribution in [3.8, 4) is 67.5 Å². The van der Waals surface area contributed by atoms with E-state index in [1.807, 2.05) is 60.7 Å². The minimum absolute atomic E-state index is 0.301. The molecule has 3 heterocycles. The van der Waals surface area contributed by atoms with Crippen molar-refractivity contribution in [2.75, 3.05) is 0 Å². The molecule has 0 amide bonds. The average Bonchev–Trinajstić information content (AvgIpc) is 3.87. The molecule has 0 atom stereocenters. The second-order valence-electron chi connectivity index (χ2n) is 16.0. The van der Waals surface area contributed by atoms with Crippen molar-refractivity contribution < 1.29 is 8.78 Å². The van der Waals surface area contributed by atoms with Gasteiger partial charge in [-0.05, 0) is 77.4 Å². The molecule has 0 unspecified atom stereocenters. The predicted octanol–water partition coefficient (Wildman–Crippen LogP) is 15.3. The molecule has 64 heavy (non-hydrogen) atoms. The van der Waals surface area contributed by atoms with Gasteiger partial charge in [0.2, 0.25) is 0 Å². The Bertz CT molecular complexity index is 3630. The lowest BCUT2D eigenvalue weighted by molar-refractivity contribution is 0.627. The summed E-state index contributed by atoms with van der Waals surface area (Å²) in [6.07, 6.45) is 0. The summed E-state index contributed by atoms with van der Waals surface area (Å²) in [5.41, 5.74) is 13.5. The molecular formula is C58H36F2N4. The average molecular weight is 827 g/mol. The molecule has 4 nitrogen and oxygen atoms in total. The van der Waals surface area contributed by atoms with Crippen LogP contribution in [0.3, 0.4) is 0 Å². The van der Waals surface area contributed by atoms with Gasteiger partial charge in [-0.3, -0.25) is 0 Å². The zero-order valence-corrected chi connectivity index (χ0v) is 34.3. The van der Waals surface area contributed by atoms with E-state index in [2.05, 4.69) is 143 Å². The second-order valence-corrected chi connectivity index (χ2v) is 16.0. The molecule has 0 bridgehead atoms. The van der Waals surface area contributed by atoms with Crippen molar-refractivity contribution in [3.05, 3.63) is 230 Å². The fourth-order valence-corrected chi connectivity index (χ4v) is 9.49. The van der Waals surface area contributed by atoms with Gasteiger partial charge in [-0.2, -0.15) is 0 Å². The lowest BCUT2D eigenvalue weighted by Crippen LogP contribution is -2.05. The van der Waals surface area contributed by atoms with Crippen LogP contribution in [0.5, 0.6) is 0 Å². The summed E-state index contributed by atoms with van der Waals surface area (Å²) in [4.78, 5) is 10.9. The quantitative estimate of drug-likeness (QED) is 0.160. The summed E-state index contributed by atoms with van der Waals surface area (Å²) in [7, 11) is 0. The van der Waals surface area contributed by atoms with Crippen molar-refractivity contribution in [1.29, 1.82) is 0 Å². The number of fused-ring (bicyclic) bond motifs is 6. The number of para-hydroxylation sites is 5. The van der Waals surface area contributed by atoms with Crippen molar-refractivity contribution >= 4 is 43.6 Å². The number of hydrogen-bond acceptors (Lipinski definition) is 2. The summed E-state index contributed by atoms with van der Waals surface area (Å²) in [6.45, 7) is 0. The van der Waals surface area contributed by atoms with Crippen molar-refractivity contribution in [2.24, 2.45) is 0 Å². The van der Waals surface area contributed by atoms with Crippen molar-refractivity contribution in [1.82, 2.24) is 19.1 Å². The van der Waals surface area contributed by atoms with Gasteiger partial charge in [0.1, 0.15) is 11.6 Å². The van der Waals surface area contributed by atoms with Gasteiger partial charge in [0.25, 0.3) is 0 Å². The van der Waals surface area contributed by atoms with Gasteiger partial charge in [-0.25, -0.2) is 18.7 Å². The van der Waals surface area contributed by atoms with Gasteiger partial charge < -0.3 is 9.13 Å². The summed E-state index contributed by atoms with van der Waals surface area (Å²) in [5.74, 6) is -0.0566. The monoisotopic (exact) mass is 826 g/mol. The van der Waals surface area contributed by atoms with Gasteiger partial charge in [-0.1, -0.05) is 158 Å². The molecule has 302 valence electrons. The third kappa shape index (κ3) is 6.10. The third-order valence-corrected chi connectivity index (χ3v) is 12.3. The van der Waals surface area contributed by atoms with Gasteiger partial charge in [0, 0.05) is 43.8 Å². The van der Waals surface area contributed by atoms with Crippen LogP contribution in [-0.4, -0.2) is 19.1 Å². The highest BCUT2D eigenvalue weighted by Gasteiger charge is 2.25. The topological polar surface area (TPSA) is 35.6 Å². The zero-order chi connectivity index (χ0) is 42.7. The number of halogens is 2. The Labute approximate surface area is 367 Å². The minimum atomic E-state index is -0.307. The predicted molar refractivity (Wildman–Crippen MR) is 258 cm³/mol. The second kappa shape index (κ2) is 15.2. The fourth-order valence-electron chi connectivity index (χ4n) is 9.49. The first kappa shape index (κ1) is 37.3. The molecule has 0 saturated heterocycles. The van der Waals surface area contributed by atoms with Crippen LogP contribution in [0.4, 0.5) is 8.78 Å². The van der Waals surface area contributed by atoms with E-state index in [0.717, 1.165) is 93.9 Å². The molecule has 9 aromatic carbocycles. The molecule has 0 aliphatic heterocycles. The molecule has 0 radical (unpaired) electrons. The first-order chi connectivity index (χ1) is 31.6. The Morgan fingerprint density at radius 2 is 0.766 bits per heavy atom. The van der Waals surface area contributed by atoms with E-state index in [9.17, 15) is 8.78 Å². The van der Waals surface area contributed by atoms with E-state index in [1.165, 1.54) is 24.3 Å². The normalized spacial score (nSPS) is 11.6. The molecular weight excluding hydrogens is 791 g/mol. The SMILES string of the molecule is Fc1ccc(-c2cccc(-n3c4ccccc4c4ccccc43)c2-c2cc(-c3cccc(-c4ccc(F)cc4)c3-n3c4ccccc4c4ccccc43)nc(-c3ccccc3)n2)cc1. The standard InChI is InChI=1S/C58H36F2N4/c59-40-32-28-37(29-33-40)42-20-13-27-55(63-51-23-8-4-16-44(51)45-17-5-9-24-52(45)63)56(42)50-36-49(61-58(62-50)39-14-2-1-3-15-39)48-22-12-21-43(38-30-34-41(60)35-31-38)57(48)64-53-25-10-6-18-46(53)47-19-7-11-26-54(47)64/h1-36H. The number of hydrogen-bond donors (Lipinski definition) is 0. The maximum atomic E-state index is 14.6. The van der Waals surface area contributed by atoms with Gasteiger partial charge in [0.05, 0.1) is 44.8 Å². The largest absolute Gasteiger partial charge is 0.309 e. The third-order valence-electron chi connectivity index (χ3n) is 12.3. The minimum Gasteiger partial charge on any atom is -0.309 e. The summed E-state index contributed by atoms with van der Waals surface area (Å²) in [5, 5.41) is 4.52. The Morgan fingerprint density at radius 1 is 0.328 bits per heavy atom. The first-order valence-corrected chi connectivity index (χ1v) is 21.3. The van der Waals surface area contributed by atoms with Gasteiger partial charge in [-0.15, -0.1) is 0 Å². The molecule has 12 aromatic rings. The van der Waals surface area contributed by atoms with Crippen LogP contribution in [0.2, 0.25) is 0 Å². The number of aromatic nitrogens is 4. The molecule has 0 N–H and O–H groups in total. The molecule has 0 spiro atoms. The summed E-state index contributed by atoms with van der Waals surface area (Å²) < 4.78 is 33.9. The van der Waals surface area contributed by atoms with Gasteiger partial charge in [0.15, 0.2) is 5.82 Å². The Hall–Kier alpha value is -8.48. The van der Waals surface area contributed by atoms with Crippen LogP contribution in [0, 0.1) is 11.6 Å². The fraction of sp³-hybridized carbons (Fsp3) is 0. The van der Waals surface area contributed by atoms with E-state index >= 15 is 0 Å². The zero-order valence-electron chi connectivity index (χ0n) is 34.3. The van der Waals surface area contributed by atoms with E-state index in [4.69, 9.17) is 9.97 Å².